The monoisotopic (exact) mass is 502 g/mol. The molecular weight excluding hydrogens is 464 g/mol. The Balaban J connectivity index is 1.89. The Kier molecular flexibility index (Phi) is 9.32. The summed E-state index contributed by atoms with van der Waals surface area (Å²) in [6.45, 7) is 15.3. The number of ketones is 1. The van der Waals surface area contributed by atoms with Crippen molar-refractivity contribution in [3.63, 3.8) is 0 Å². The van der Waals surface area contributed by atoms with E-state index in [4.69, 9.17) is 4.33 Å². The molecule has 0 aliphatic carbocycles. The molecule has 2 aromatic carbocycles. The number of rotatable bonds is 10. The zero-order valence-corrected chi connectivity index (χ0v) is 23.1. The van der Waals surface area contributed by atoms with E-state index in [1.54, 1.807) is 0 Å². The summed E-state index contributed by atoms with van der Waals surface area (Å²) in [4.78, 5) is 14.3. The van der Waals surface area contributed by atoms with Gasteiger partial charge >= 0.3 is 0 Å². The van der Waals surface area contributed by atoms with Crippen molar-refractivity contribution < 1.29 is 19.4 Å². The maximum atomic E-state index is 13.4. The molecule has 4 nitrogen and oxygen atoms in total. The van der Waals surface area contributed by atoms with Crippen LogP contribution in [0, 0.1) is 5.92 Å². The fourth-order valence-corrected chi connectivity index (χ4v) is 8.70. The van der Waals surface area contributed by atoms with Gasteiger partial charge in [0.2, 0.25) is 5.78 Å². The van der Waals surface area contributed by atoms with Crippen LogP contribution in [0.5, 0.6) is 0 Å². The first kappa shape index (κ1) is 27.3. The van der Waals surface area contributed by atoms with Crippen LogP contribution in [0.2, 0.25) is 0 Å². The first-order valence-electron chi connectivity index (χ1n) is 12.2. The third-order valence-corrected chi connectivity index (χ3v) is 11.2. The van der Waals surface area contributed by atoms with E-state index in [1.807, 2.05) is 30.3 Å². The van der Waals surface area contributed by atoms with Crippen LogP contribution in [-0.4, -0.2) is 22.0 Å². The fraction of sp³-hybridized carbons (Fsp3) is 0.536. The standard InChI is InChI=1S/C28H38O4S2/c1-18(2)23-15-24(19(3)4)26(33-32-31-30)25(16-23)20(5)22-13-14-34(17-22)28(6,7)27(29)21-11-9-8-10-12-21/h8-12,15-16,18-20,22H,13-14,17H2,1-7H3. The van der Waals surface area contributed by atoms with Crippen molar-refractivity contribution in [2.75, 3.05) is 11.5 Å². The van der Waals surface area contributed by atoms with Crippen LogP contribution in [0.1, 0.15) is 99.7 Å². The molecule has 1 fully saturated rings. The minimum atomic E-state index is -0.379. The van der Waals surface area contributed by atoms with Crippen molar-refractivity contribution in [2.45, 2.75) is 82.3 Å². The van der Waals surface area contributed by atoms with Crippen LogP contribution >= 0.6 is 12.0 Å². The van der Waals surface area contributed by atoms with Gasteiger partial charge in [-0.3, -0.25) is 9.83 Å². The van der Waals surface area contributed by atoms with Crippen LogP contribution in [0.25, 0.3) is 0 Å². The van der Waals surface area contributed by atoms with Crippen molar-refractivity contribution in [2.24, 2.45) is 5.92 Å². The number of carbonyl (C=O) groups excluding carboxylic acids is 1. The minimum absolute atomic E-state index is 0.00484. The van der Waals surface area contributed by atoms with Gasteiger partial charge in [-0.05, 0) is 54.7 Å². The van der Waals surface area contributed by atoms with Gasteiger partial charge in [0, 0.05) is 27.3 Å². The lowest BCUT2D eigenvalue weighted by atomic mass is 9.83. The van der Waals surface area contributed by atoms with Crippen molar-refractivity contribution in [1.82, 2.24) is 0 Å². The molecule has 0 saturated carbocycles. The van der Waals surface area contributed by atoms with Crippen LogP contribution < -0.4 is 5.26 Å². The van der Waals surface area contributed by atoms with E-state index in [2.05, 4.69) is 65.6 Å². The molecule has 186 valence electrons. The highest BCUT2D eigenvalue weighted by molar-refractivity contribution is 7.99. The molecule has 0 spiro atoms. The largest absolute Gasteiger partial charge is 0.691 e. The average molecular weight is 503 g/mol. The second kappa shape index (κ2) is 11.6. The van der Waals surface area contributed by atoms with Gasteiger partial charge in [-0.2, -0.15) is 4.33 Å². The van der Waals surface area contributed by atoms with E-state index < -0.39 is 0 Å². The van der Waals surface area contributed by atoms with Crippen molar-refractivity contribution in [3.05, 3.63) is 64.7 Å². The lowest BCUT2D eigenvalue weighted by Crippen LogP contribution is -2.42. The highest BCUT2D eigenvalue weighted by Crippen LogP contribution is 2.44. The third-order valence-electron chi connectivity index (χ3n) is 7.25. The van der Waals surface area contributed by atoms with Gasteiger partial charge in [0.1, 0.15) is 11.5 Å². The van der Waals surface area contributed by atoms with E-state index in [1.165, 1.54) is 16.7 Å². The highest BCUT2D eigenvalue weighted by Gasteiger charge is 2.50. The average Bonchev–Trinajstić information content (AvgIpc) is 3.33. The minimum Gasteiger partial charge on any atom is -0.691 e. The number of carbonyl (C=O) groups is 1. The van der Waals surface area contributed by atoms with Gasteiger partial charge in [0.15, 0.2) is 4.75 Å². The van der Waals surface area contributed by atoms with E-state index in [0.717, 1.165) is 40.4 Å². The highest BCUT2D eigenvalue weighted by atomic mass is 32.2. The van der Waals surface area contributed by atoms with E-state index in [9.17, 15) is 10.1 Å². The van der Waals surface area contributed by atoms with Gasteiger partial charge in [-0.15, -0.1) is 0 Å². The summed E-state index contributed by atoms with van der Waals surface area (Å²) in [7, 11) is 0.00484. The lowest BCUT2D eigenvalue weighted by molar-refractivity contribution is -0.777. The Hall–Kier alpha value is -1.31. The molecule has 1 aliphatic rings. The molecule has 0 N–H and O–H groups in total. The molecule has 3 rings (SSSR count). The zero-order valence-electron chi connectivity index (χ0n) is 21.4. The molecule has 1 heterocycles. The predicted octanol–water partition coefficient (Wildman–Crippen LogP) is 6.57. The van der Waals surface area contributed by atoms with Gasteiger partial charge in [0.05, 0.1) is 12.0 Å². The Labute approximate surface area is 212 Å². The quantitative estimate of drug-likeness (QED) is 0.121. The molecule has 6 heteroatoms. The van der Waals surface area contributed by atoms with E-state index in [-0.39, 0.29) is 27.3 Å². The molecule has 0 bridgehead atoms. The number of benzene rings is 2. The summed E-state index contributed by atoms with van der Waals surface area (Å²) in [5.41, 5.74) is 4.51. The number of Topliss-reactive ketones (excluding diaryl/α,β-unsaturated/α-hetero) is 1. The van der Waals surface area contributed by atoms with E-state index >= 15 is 0 Å². The van der Waals surface area contributed by atoms with Gasteiger partial charge in [0.25, 0.3) is 0 Å². The van der Waals surface area contributed by atoms with Crippen molar-refractivity contribution >= 4 is 28.7 Å². The second-order valence-electron chi connectivity index (χ2n) is 10.5. The Morgan fingerprint density at radius 2 is 1.71 bits per heavy atom. The molecule has 1 saturated heterocycles. The molecule has 3 unspecified atom stereocenters. The molecule has 3 atom stereocenters. The predicted molar refractivity (Wildman–Crippen MR) is 141 cm³/mol. The van der Waals surface area contributed by atoms with Crippen LogP contribution in [0.15, 0.2) is 47.4 Å². The Morgan fingerprint density at radius 3 is 2.29 bits per heavy atom. The molecule has 1 aliphatic heterocycles. The molecule has 0 amide bonds. The Bertz CT molecular complexity index is 972. The van der Waals surface area contributed by atoms with Crippen LogP contribution in [0.4, 0.5) is 0 Å². The Morgan fingerprint density at radius 1 is 1.06 bits per heavy atom. The maximum Gasteiger partial charge on any atom is 0.217 e. The molecule has 0 aromatic heterocycles. The maximum absolute atomic E-state index is 13.4. The summed E-state index contributed by atoms with van der Waals surface area (Å²) < 4.78 is 4.46. The second-order valence-corrected chi connectivity index (χ2v) is 13.9. The smallest absolute Gasteiger partial charge is 0.217 e. The van der Waals surface area contributed by atoms with Gasteiger partial charge < -0.3 is 5.26 Å². The summed E-state index contributed by atoms with van der Waals surface area (Å²) in [5, 5.41) is 14.4. The fourth-order valence-electron chi connectivity index (χ4n) is 4.84. The number of hydrogen-bond acceptors (Lipinski definition) is 5. The number of hydrogen-bond donors (Lipinski definition) is 0. The lowest BCUT2D eigenvalue weighted by Gasteiger charge is -2.26. The van der Waals surface area contributed by atoms with Crippen molar-refractivity contribution in [3.8, 4) is 0 Å². The SMILES string of the molecule is CC(C)c1cc(C(C)C)c(SOO[O-])c(C(C)C2CC[S+](C(C)(C)C(=O)c3ccccc3)C2)c1. The van der Waals surface area contributed by atoms with Gasteiger partial charge in [-0.1, -0.05) is 77.1 Å². The van der Waals surface area contributed by atoms with Crippen LogP contribution in [0.3, 0.4) is 0 Å². The third kappa shape index (κ3) is 5.90. The van der Waals surface area contributed by atoms with Gasteiger partial charge in [-0.25, -0.2) is 0 Å². The van der Waals surface area contributed by atoms with Crippen LogP contribution in [-0.2, 0) is 20.3 Å². The van der Waals surface area contributed by atoms with Crippen molar-refractivity contribution in [1.29, 1.82) is 0 Å². The molecule has 2 aromatic rings. The zero-order chi connectivity index (χ0) is 25.0. The van der Waals surface area contributed by atoms with E-state index in [0.29, 0.717) is 17.8 Å². The molecule has 34 heavy (non-hydrogen) atoms. The summed E-state index contributed by atoms with van der Waals surface area (Å²) in [6.07, 6.45) is 1.10. The normalized spacial score (nSPS) is 19.7. The first-order valence-corrected chi connectivity index (χ1v) is 14.5. The molecular formula is C28H38O4S2. The topological polar surface area (TPSA) is 58.6 Å². The molecule has 0 radical (unpaired) electrons. The first-order chi connectivity index (χ1) is 16.1. The summed E-state index contributed by atoms with van der Waals surface area (Å²) >= 11 is 1.03. The summed E-state index contributed by atoms with van der Waals surface area (Å²) in [6, 6.07) is 14.2. The summed E-state index contributed by atoms with van der Waals surface area (Å²) in [5.74, 6) is 3.81.